The van der Waals surface area contributed by atoms with Gasteiger partial charge in [-0.3, -0.25) is 0 Å². The van der Waals surface area contributed by atoms with Crippen LogP contribution in [0.3, 0.4) is 0 Å². The summed E-state index contributed by atoms with van der Waals surface area (Å²) in [6, 6.07) is 3.51. The maximum absolute atomic E-state index is 12.7. The molecule has 0 aliphatic carbocycles. The monoisotopic (exact) mass is 529 g/mol. The summed E-state index contributed by atoms with van der Waals surface area (Å²) in [5, 5.41) is 13.5. The van der Waals surface area contributed by atoms with Crippen molar-refractivity contribution in [2.75, 3.05) is 13.1 Å². The number of phenolic OH excluding ortho intramolecular Hbond substituents is 1. The molecule has 122 valence electrons. The minimum Gasteiger partial charge on any atom is -0.506 e. The van der Waals surface area contributed by atoms with Crippen LogP contribution in [0.1, 0.15) is 44.0 Å². The van der Waals surface area contributed by atoms with Crippen LogP contribution in [0, 0.1) is 12.6 Å². The van der Waals surface area contributed by atoms with Crippen molar-refractivity contribution in [1.82, 2.24) is 5.32 Å². The van der Waals surface area contributed by atoms with Crippen LogP contribution in [0.15, 0.2) is 12.1 Å². The first kappa shape index (κ1) is 18.3. The van der Waals surface area contributed by atoms with Gasteiger partial charge in [0.15, 0.2) is 0 Å². The zero-order chi connectivity index (χ0) is 16.5. The average molecular weight is 529 g/mol. The highest BCUT2D eigenvalue weighted by Gasteiger charge is 2.46. The second-order valence-corrected chi connectivity index (χ2v) is 9.08. The van der Waals surface area contributed by atoms with Crippen LogP contribution in [-0.4, -0.2) is 29.8 Å². The Labute approximate surface area is 158 Å². The Balaban J connectivity index is 2.33. The lowest BCUT2D eigenvalue weighted by molar-refractivity contribution is -0.0962. The number of rotatable bonds is 2. The van der Waals surface area contributed by atoms with Crippen LogP contribution in [0.5, 0.6) is 5.75 Å². The van der Waals surface area contributed by atoms with Gasteiger partial charge >= 0.3 is 5.97 Å². The van der Waals surface area contributed by atoms with Crippen molar-refractivity contribution in [3.8, 4) is 5.75 Å². The summed E-state index contributed by atoms with van der Waals surface area (Å²) in [6.07, 6.45) is 1.56. The molecule has 0 radical (unpaired) electrons. The van der Waals surface area contributed by atoms with Crippen molar-refractivity contribution in [2.45, 2.75) is 39.2 Å². The maximum Gasteiger partial charge on any atom is 0.342 e. The third-order valence-corrected chi connectivity index (χ3v) is 5.76. The minimum atomic E-state index is -0.505. The van der Waals surface area contributed by atoms with Crippen molar-refractivity contribution in [1.29, 1.82) is 0 Å². The van der Waals surface area contributed by atoms with E-state index in [0.717, 1.165) is 29.5 Å². The van der Waals surface area contributed by atoms with E-state index in [1.807, 2.05) is 28.7 Å². The number of halogens is 2. The fourth-order valence-corrected chi connectivity index (χ4v) is 4.63. The number of esters is 1. The van der Waals surface area contributed by atoms with Crippen molar-refractivity contribution in [3.05, 3.63) is 24.8 Å². The number of carbonyl (C=O) groups excluding carboxylic acids is 1. The normalized spacial score (nSPS) is 18.0. The summed E-state index contributed by atoms with van der Waals surface area (Å²) in [5.74, 6) is -0.435. The van der Waals surface area contributed by atoms with E-state index < -0.39 is 11.6 Å². The van der Waals surface area contributed by atoms with Crippen molar-refractivity contribution in [3.63, 3.8) is 0 Å². The SMILES string of the molecule is CC(C)(C)C1(OC(=O)c2cc(I)cc(I)c2O)CCNCC1. The number of phenols is 1. The predicted molar refractivity (Wildman–Crippen MR) is 103 cm³/mol. The highest BCUT2D eigenvalue weighted by atomic mass is 127. The Kier molecular flexibility index (Phi) is 5.64. The van der Waals surface area contributed by atoms with Crippen LogP contribution >= 0.6 is 45.2 Å². The summed E-state index contributed by atoms with van der Waals surface area (Å²) in [7, 11) is 0. The Morgan fingerprint density at radius 3 is 2.41 bits per heavy atom. The average Bonchev–Trinajstić information content (AvgIpc) is 2.42. The molecule has 1 fully saturated rings. The molecule has 1 heterocycles. The Bertz CT molecular complexity index is 575. The van der Waals surface area contributed by atoms with Gasteiger partial charge < -0.3 is 15.2 Å². The summed E-state index contributed by atoms with van der Waals surface area (Å²) in [4.78, 5) is 12.7. The van der Waals surface area contributed by atoms with E-state index in [1.165, 1.54) is 0 Å². The number of hydrogen-bond donors (Lipinski definition) is 2. The Morgan fingerprint density at radius 2 is 1.86 bits per heavy atom. The van der Waals surface area contributed by atoms with Crippen LogP contribution in [0.25, 0.3) is 0 Å². The fourth-order valence-electron chi connectivity index (χ4n) is 2.79. The number of aromatic hydroxyl groups is 1. The minimum absolute atomic E-state index is 0.00371. The van der Waals surface area contributed by atoms with E-state index >= 15 is 0 Å². The van der Waals surface area contributed by atoms with Crippen LogP contribution in [-0.2, 0) is 4.74 Å². The van der Waals surface area contributed by atoms with Gasteiger partial charge in [0.1, 0.15) is 16.9 Å². The van der Waals surface area contributed by atoms with Crippen LogP contribution in [0.4, 0.5) is 0 Å². The first-order chi connectivity index (χ1) is 10.2. The van der Waals surface area contributed by atoms with Crippen LogP contribution in [0.2, 0.25) is 0 Å². The molecule has 0 saturated carbocycles. The molecule has 6 heteroatoms. The standard InChI is InChI=1S/C16H21I2NO3/c1-15(2,3)16(4-6-19-7-5-16)22-14(21)11-8-10(17)9-12(18)13(11)20/h8-9,19-20H,4-7H2,1-3H3. The lowest BCUT2D eigenvalue weighted by Crippen LogP contribution is -2.53. The van der Waals surface area contributed by atoms with E-state index in [9.17, 15) is 9.90 Å². The summed E-state index contributed by atoms with van der Waals surface area (Å²) >= 11 is 4.16. The Hall–Kier alpha value is -0.0900. The Morgan fingerprint density at radius 1 is 1.27 bits per heavy atom. The van der Waals surface area contributed by atoms with Crippen LogP contribution < -0.4 is 5.32 Å². The molecule has 0 amide bonds. The van der Waals surface area contributed by atoms with Gasteiger partial charge in [-0.1, -0.05) is 20.8 Å². The van der Waals surface area contributed by atoms with E-state index in [1.54, 1.807) is 6.07 Å². The molecule has 0 atom stereocenters. The van der Waals surface area contributed by atoms with Gasteiger partial charge in [0.05, 0.1) is 3.57 Å². The van der Waals surface area contributed by atoms with Gasteiger partial charge in [0.25, 0.3) is 0 Å². The highest BCUT2D eigenvalue weighted by Crippen LogP contribution is 2.42. The molecule has 2 rings (SSSR count). The molecular weight excluding hydrogens is 508 g/mol. The number of hydrogen-bond acceptors (Lipinski definition) is 4. The summed E-state index contributed by atoms with van der Waals surface area (Å²) in [5.41, 5.74) is -0.414. The van der Waals surface area contributed by atoms with E-state index in [0.29, 0.717) is 3.57 Å². The summed E-state index contributed by atoms with van der Waals surface area (Å²) in [6.45, 7) is 7.97. The first-order valence-corrected chi connectivity index (χ1v) is 9.44. The smallest absolute Gasteiger partial charge is 0.342 e. The van der Waals surface area contributed by atoms with Gasteiger partial charge in [0, 0.05) is 21.8 Å². The first-order valence-electron chi connectivity index (χ1n) is 7.28. The molecule has 1 aromatic carbocycles. The second-order valence-electron chi connectivity index (χ2n) is 6.67. The molecule has 1 aliphatic rings. The largest absolute Gasteiger partial charge is 0.506 e. The number of ether oxygens (including phenoxy) is 1. The van der Waals surface area contributed by atoms with E-state index in [2.05, 4.69) is 48.7 Å². The zero-order valence-electron chi connectivity index (χ0n) is 13.0. The van der Waals surface area contributed by atoms with Gasteiger partial charge in [0.2, 0.25) is 0 Å². The zero-order valence-corrected chi connectivity index (χ0v) is 17.3. The van der Waals surface area contributed by atoms with Gasteiger partial charge in [-0.05, 0) is 70.4 Å². The fraction of sp³-hybridized carbons (Fsp3) is 0.562. The second kappa shape index (κ2) is 6.80. The van der Waals surface area contributed by atoms with Gasteiger partial charge in [-0.15, -0.1) is 0 Å². The molecule has 0 spiro atoms. The molecule has 2 N–H and O–H groups in total. The number of benzene rings is 1. The third-order valence-electron chi connectivity index (χ3n) is 4.31. The molecule has 22 heavy (non-hydrogen) atoms. The lowest BCUT2D eigenvalue weighted by atomic mass is 9.71. The molecule has 0 unspecified atom stereocenters. The molecule has 1 saturated heterocycles. The van der Waals surface area contributed by atoms with Crippen molar-refractivity contribution < 1.29 is 14.6 Å². The number of nitrogens with one attached hydrogen (secondary N) is 1. The molecule has 0 bridgehead atoms. The molecular formula is C16H21I2NO3. The molecule has 4 nitrogen and oxygen atoms in total. The molecule has 1 aliphatic heterocycles. The maximum atomic E-state index is 12.7. The highest BCUT2D eigenvalue weighted by molar-refractivity contribution is 14.1. The molecule has 1 aromatic rings. The summed E-state index contributed by atoms with van der Waals surface area (Å²) < 4.78 is 7.54. The van der Waals surface area contributed by atoms with E-state index in [4.69, 9.17) is 4.74 Å². The van der Waals surface area contributed by atoms with Gasteiger partial charge in [-0.25, -0.2) is 4.79 Å². The third kappa shape index (κ3) is 3.69. The van der Waals surface area contributed by atoms with E-state index in [-0.39, 0.29) is 16.7 Å². The number of piperidine rings is 1. The topological polar surface area (TPSA) is 58.6 Å². The number of carbonyl (C=O) groups is 1. The van der Waals surface area contributed by atoms with Crippen molar-refractivity contribution >= 4 is 51.2 Å². The van der Waals surface area contributed by atoms with Gasteiger partial charge in [-0.2, -0.15) is 0 Å². The van der Waals surface area contributed by atoms with Crippen molar-refractivity contribution in [2.24, 2.45) is 5.41 Å². The molecule has 0 aromatic heterocycles. The lowest BCUT2D eigenvalue weighted by Gasteiger charge is -2.46. The predicted octanol–water partition coefficient (Wildman–Crippen LogP) is 3.93. The quantitative estimate of drug-likeness (QED) is 0.451.